The highest BCUT2D eigenvalue weighted by atomic mass is 32.2. The summed E-state index contributed by atoms with van der Waals surface area (Å²) >= 11 is 0. The van der Waals surface area contributed by atoms with Gasteiger partial charge in [-0.1, -0.05) is 20.8 Å². The van der Waals surface area contributed by atoms with Gasteiger partial charge in [-0.3, -0.25) is 4.79 Å². The maximum Gasteiger partial charge on any atom is 0.254 e. The van der Waals surface area contributed by atoms with Crippen LogP contribution < -0.4 is 10.5 Å². The normalized spacial score (nSPS) is 13.3. The van der Waals surface area contributed by atoms with Crippen molar-refractivity contribution in [1.29, 1.82) is 0 Å². The van der Waals surface area contributed by atoms with Crippen LogP contribution in [-0.4, -0.2) is 20.4 Å². The van der Waals surface area contributed by atoms with E-state index in [2.05, 4.69) is 5.32 Å². The molecule has 0 saturated carbocycles. The van der Waals surface area contributed by atoms with Gasteiger partial charge in [0.15, 0.2) is 0 Å². The lowest BCUT2D eigenvalue weighted by molar-refractivity contribution is 0.0920. The minimum absolute atomic E-state index is 0.0595. The number of carbonyl (C=O) groups excluding carboxylic acids is 1. The minimum atomic E-state index is -4.00. The summed E-state index contributed by atoms with van der Waals surface area (Å²) in [6.07, 6.45) is 0.693. The number of rotatable bonds is 5. The molecule has 1 atom stereocenters. The van der Waals surface area contributed by atoms with E-state index in [4.69, 9.17) is 5.14 Å². The molecule has 7 heteroatoms. The summed E-state index contributed by atoms with van der Waals surface area (Å²) < 4.78 is 36.8. The van der Waals surface area contributed by atoms with E-state index in [1.54, 1.807) is 0 Å². The van der Waals surface area contributed by atoms with E-state index in [-0.39, 0.29) is 28.0 Å². The summed E-state index contributed by atoms with van der Waals surface area (Å²) in [5.41, 5.74) is -0.248. The molecule has 118 valence electrons. The van der Waals surface area contributed by atoms with Gasteiger partial charge in [0, 0.05) is 6.04 Å². The molecule has 1 aromatic carbocycles. The van der Waals surface area contributed by atoms with Crippen molar-refractivity contribution in [3.8, 4) is 0 Å². The number of benzene rings is 1. The Labute approximate surface area is 124 Å². The number of sulfonamides is 1. The Balaban J connectivity index is 3.24. The summed E-state index contributed by atoms with van der Waals surface area (Å²) in [5.74, 6) is -1.19. The molecule has 1 amide bonds. The van der Waals surface area contributed by atoms with Crippen LogP contribution in [0.25, 0.3) is 0 Å². The first-order valence-electron chi connectivity index (χ1n) is 6.71. The number of aryl methyl sites for hydroxylation is 1. The van der Waals surface area contributed by atoms with E-state index in [0.29, 0.717) is 6.42 Å². The molecule has 1 aromatic rings. The number of primary sulfonamides is 1. The Hall–Kier alpha value is -1.47. The molecule has 0 spiro atoms. The van der Waals surface area contributed by atoms with Crippen molar-refractivity contribution in [2.24, 2.45) is 11.1 Å². The first-order valence-corrected chi connectivity index (χ1v) is 8.26. The Morgan fingerprint density at radius 1 is 1.38 bits per heavy atom. The number of amides is 1. The van der Waals surface area contributed by atoms with Gasteiger partial charge in [-0.25, -0.2) is 17.9 Å². The molecule has 1 rings (SSSR count). The smallest absolute Gasteiger partial charge is 0.254 e. The van der Waals surface area contributed by atoms with E-state index >= 15 is 0 Å². The number of nitrogens with two attached hydrogens (primary N) is 1. The first kappa shape index (κ1) is 17.6. The zero-order valence-electron chi connectivity index (χ0n) is 12.6. The van der Waals surface area contributed by atoms with Crippen LogP contribution in [0.4, 0.5) is 4.39 Å². The Morgan fingerprint density at radius 2 is 1.95 bits per heavy atom. The Morgan fingerprint density at radius 3 is 2.38 bits per heavy atom. The summed E-state index contributed by atoms with van der Waals surface area (Å²) in [6, 6.07) is 1.97. The second kappa shape index (κ2) is 6.53. The molecule has 0 radical (unpaired) electrons. The molecule has 5 nitrogen and oxygen atoms in total. The van der Waals surface area contributed by atoms with Gasteiger partial charge >= 0.3 is 0 Å². The molecule has 0 aromatic heterocycles. The van der Waals surface area contributed by atoms with E-state index in [1.807, 2.05) is 20.8 Å². The summed E-state index contributed by atoms with van der Waals surface area (Å²) in [5, 5.41) is 7.75. The molecule has 0 aliphatic rings. The quantitative estimate of drug-likeness (QED) is 0.870. The second-order valence-electron chi connectivity index (χ2n) is 5.38. The van der Waals surface area contributed by atoms with E-state index < -0.39 is 21.7 Å². The summed E-state index contributed by atoms with van der Waals surface area (Å²) in [4.78, 5) is 11.9. The molecule has 21 heavy (non-hydrogen) atoms. The molecule has 0 aliphatic heterocycles. The number of carbonyl (C=O) groups is 1. The van der Waals surface area contributed by atoms with Gasteiger partial charge in [0.2, 0.25) is 10.0 Å². The van der Waals surface area contributed by atoms with Crippen molar-refractivity contribution in [3.63, 3.8) is 0 Å². The molecule has 0 bridgehead atoms. The van der Waals surface area contributed by atoms with Crippen LogP contribution in [0.2, 0.25) is 0 Å². The van der Waals surface area contributed by atoms with Gasteiger partial charge in [-0.2, -0.15) is 0 Å². The van der Waals surface area contributed by atoms with E-state index in [1.165, 1.54) is 6.92 Å². The largest absolute Gasteiger partial charge is 0.349 e. The summed E-state index contributed by atoms with van der Waals surface area (Å²) in [7, 11) is -4.00. The van der Waals surface area contributed by atoms with Crippen molar-refractivity contribution >= 4 is 15.9 Å². The fourth-order valence-corrected chi connectivity index (χ4v) is 2.68. The van der Waals surface area contributed by atoms with Crippen LogP contribution in [0.5, 0.6) is 0 Å². The first-order chi connectivity index (χ1) is 9.57. The van der Waals surface area contributed by atoms with Crippen molar-refractivity contribution in [3.05, 3.63) is 29.1 Å². The van der Waals surface area contributed by atoms with Gasteiger partial charge < -0.3 is 5.32 Å². The average Bonchev–Trinajstić information content (AvgIpc) is 2.36. The van der Waals surface area contributed by atoms with Crippen molar-refractivity contribution in [1.82, 2.24) is 5.32 Å². The van der Waals surface area contributed by atoms with Gasteiger partial charge in [-0.05, 0) is 37.0 Å². The maximum atomic E-state index is 14.1. The van der Waals surface area contributed by atoms with Crippen LogP contribution in [0.1, 0.15) is 43.1 Å². The average molecular weight is 316 g/mol. The monoisotopic (exact) mass is 316 g/mol. The zero-order chi connectivity index (χ0) is 16.4. The SMILES string of the molecule is CCC(NC(=O)c1cc(S(N)(=O)=O)cc(C)c1F)C(C)C. The predicted octanol–water partition coefficient (Wildman–Crippen LogP) is 1.95. The molecule has 0 aliphatic carbocycles. The van der Waals surface area contributed by atoms with Crippen LogP contribution in [0.15, 0.2) is 17.0 Å². The predicted molar refractivity (Wildman–Crippen MR) is 78.9 cm³/mol. The standard InChI is InChI=1S/C14H21FN2O3S/c1-5-12(8(2)3)17-14(18)11-7-10(21(16,19)20)6-9(4)13(11)15/h6-8,12H,5H2,1-4H3,(H,17,18)(H2,16,19,20). The number of hydrogen-bond donors (Lipinski definition) is 2. The fraction of sp³-hybridized carbons (Fsp3) is 0.500. The minimum Gasteiger partial charge on any atom is -0.349 e. The van der Waals surface area contributed by atoms with Crippen molar-refractivity contribution in [2.45, 2.75) is 45.1 Å². The number of hydrogen-bond acceptors (Lipinski definition) is 3. The fourth-order valence-electron chi connectivity index (χ4n) is 2.05. The molecule has 1 unspecified atom stereocenters. The van der Waals surface area contributed by atoms with Crippen LogP contribution in [0, 0.1) is 18.7 Å². The molecule has 0 heterocycles. The lowest BCUT2D eigenvalue weighted by Crippen LogP contribution is -2.38. The Kier molecular flexibility index (Phi) is 5.47. The molecule has 0 fully saturated rings. The van der Waals surface area contributed by atoms with Gasteiger partial charge in [0.1, 0.15) is 5.82 Å². The Bertz CT molecular complexity index is 642. The topological polar surface area (TPSA) is 89.3 Å². The van der Waals surface area contributed by atoms with E-state index in [9.17, 15) is 17.6 Å². The second-order valence-corrected chi connectivity index (χ2v) is 6.94. The highest BCUT2D eigenvalue weighted by Crippen LogP contribution is 2.19. The lowest BCUT2D eigenvalue weighted by atomic mass is 10.0. The van der Waals surface area contributed by atoms with Gasteiger partial charge in [0.25, 0.3) is 5.91 Å². The summed E-state index contributed by atoms with van der Waals surface area (Å²) in [6.45, 7) is 7.18. The molecular weight excluding hydrogens is 295 g/mol. The zero-order valence-corrected chi connectivity index (χ0v) is 13.4. The molecule has 3 N–H and O–H groups in total. The third kappa shape index (κ3) is 4.25. The van der Waals surface area contributed by atoms with Crippen LogP contribution >= 0.6 is 0 Å². The maximum absolute atomic E-state index is 14.1. The van der Waals surface area contributed by atoms with E-state index in [0.717, 1.165) is 12.1 Å². The third-order valence-corrected chi connectivity index (χ3v) is 4.26. The number of halogens is 1. The van der Waals surface area contributed by atoms with Crippen molar-refractivity contribution in [2.75, 3.05) is 0 Å². The van der Waals surface area contributed by atoms with Crippen LogP contribution in [-0.2, 0) is 10.0 Å². The van der Waals surface area contributed by atoms with Crippen LogP contribution in [0.3, 0.4) is 0 Å². The third-order valence-electron chi connectivity index (χ3n) is 3.36. The highest BCUT2D eigenvalue weighted by molar-refractivity contribution is 7.89. The molecular formula is C14H21FN2O3S. The lowest BCUT2D eigenvalue weighted by Gasteiger charge is -2.21. The van der Waals surface area contributed by atoms with Gasteiger partial charge in [0.05, 0.1) is 10.5 Å². The van der Waals surface area contributed by atoms with Crippen molar-refractivity contribution < 1.29 is 17.6 Å². The number of nitrogens with one attached hydrogen (secondary N) is 1. The van der Waals surface area contributed by atoms with Gasteiger partial charge in [-0.15, -0.1) is 0 Å². The highest BCUT2D eigenvalue weighted by Gasteiger charge is 2.22. The molecule has 0 saturated heterocycles.